The van der Waals surface area contributed by atoms with Gasteiger partial charge in [-0.2, -0.15) is 0 Å². The molecule has 2 fully saturated rings. The molecule has 3 rings (SSSR count). The Balaban J connectivity index is 2.28. The SMILES string of the molecule is Cn1c(=O)n(C2CCOC2=O)c(=O)n(C2CCOC2=O)c1=O. The van der Waals surface area contributed by atoms with Gasteiger partial charge in [0.1, 0.15) is 12.1 Å². The van der Waals surface area contributed by atoms with Crippen LogP contribution >= 0.6 is 0 Å². The molecule has 2 saturated heterocycles. The number of hydrogen-bond donors (Lipinski definition) is 0. The molecule has 0 spiro atoms. The van der Waals surface area contributed by atoms with Gasteiger partial charge >= 0.3 is 29.0 Å². The number of esters is 2. The van der Waals surface area contributed by atoms with Crippen molar-refractivity contribution in [3.05, 3.63) is 31.5 Å². The molecule has 2 aliphatic rings. The predicted molar refractivity (Wildman–Crippen MR) is 69.4 cm³/mol. The molecule has 2 unspecified atom stereocenters. The average molecular weight is 311 g/mol. The average Bonchev–Trinajstić information content (AvgIpc) is 3.07. The minimum atomic E-state index is -1.09. The van der Waals surface area contributed by atoms with E-state index >= 15 is 0 Å². The molecule has 0 aliphatic carbocycles. The maximum absolute atomic E-state index is 12.5. The van der Waals surface area contributed by atoms with Crippen molar-refractivity contribution in [2.24, 2.45) is 7.05 Å². The van der Waals surface area contributed by atoms with Crippen molar-refractivity contribution in [2.75, 3.05) is 13.2 Å². The van der Waals surface area contributed by atoms with Gasteiger partial charge in [0.15, 0.2) is 0 Å². The van der Waals surface area contributed by atoms with Crippen LogP contribution in [0.15, 0.2) is 14.4 Å². The van der Waals surface area contributed by atoms with Gasteiger partial charge in [0.25, 0.3) is 0 Å². The summed E-state index contributed by atoms with van der Waals surface area (Å²) in [6.45, 7) is 0.174. The van der Waals surface area contributed by atoms with Gasteiger partial charge < -0.3 is 9.47 Å². The smallest absolute Gasteiger partial charge is 0.337 e. The van der Waals surface area contributed by atoms with Crippen LogP contribution in [-0.2, 0) is 26.1 Å². The Hall–Kier alpha value is -2.65. The lowest BCUT2D eigenvalue weighted by atomic mass is 10.2. The molecule has 0 saturated carbocycles. The molecule has 22 heavy (non-hydrogen) atoms. The normalized spacial score (nSPS) is 24.4. The van der Waals surface area contributed by atoms with E-state index in [1.165, 1.54) is 7.05 Å². The fraction of sp³-hybridized carbons (Fsp3) is 0.583. The van der Waals surface area contributed by atoms with E-state index in [1.54, 1.807) is 0 Å². The fourth-order valence-electron chi connectivity index (χ4n) is 2.66. The van der Waals surface area contributed by atoms with Crippen molar-refractivity contribution in [3.63, 3.8) is 0 Å². The summed E-state index contributed by atoms with van der Waals surface area (Å²) in [6.07, 6.45) is 0.308. The van der Waals surface area contributed by atoms with Crippen LogP contribution in [0.25, 0.3) is 0 Å². The Kier molecular flexibility index (Phi) is 3.23. The fourth-order valence-corrected chi connectivity index (χ4v) is 2.66. The van der Waals surface area contributed by atoms with E-state index in [0.29, 0.717) is 13.7 Å². The molecule has 10 heteroatoms. The van der Waals surface area contributed by atoms with Crippen molar-refractivity contribution >= 4 is 11.9 Å². The quantitative estimate of drug-likeness (QED) is 0.563. The van der Waals surface area contributed by atoms with Crippen molar-refractivity contribution < 1.29 is 19.1 Å². The molecular weight excluding hydrogens is 298 g/mol. The van der Waals surface area contributed by atoms with Crippen LogP contribution in [0.2, 0.25) is 0 Å². The van der Waals surface area contributed by atoms with Gasteiger partial charge in [0.2, 0.25) is 0 Å². The Bertz CT molecular complexity index is 766. The van der Waals surface area contributed by atoms with Crippen LogP contribution in [-0.4, -0.2) is 38.9 Å². The molecule has 3 heterocycles. The second-order valence-electron chi connectivity index (χ2n) is 5.09. The summed E-state index contributed by atoms with van der Waals surface area (Å²) in [7, 11) is 1.18. The van der Waals surface area contributed by atoms with E-state index in [0.717, 1.165) is 0 Å². The van der Waals surface area contributed by atoms with Crippen molar-refractivity contribution in [2.45, 2.75) is 24.9 Å². The number of aromatic nitrogens is 3. The standard InChI is InChI=1S/C12H13N3O7/c1-13-10(18)14(6-2-4-21-8(6)16)12(20)15(11(13)19)7-3-5-22-9(7)17/h6-7H,2-5H2,1H3. The number of ether oxygens (including phenoxy) is 2. The van der Waals surface area contributed by atoms with E-state index in [-0.39, 0.29) is 26.1 Å². The number of nitrogens with zero attached hydrogens (tertiary/aromatic N) is 3. The molecule has 1 aromatic rings. The molecule has 1 aromatic heterocycles. The van der Waals surface area contributed by atoms with E-state index in [4.69, 9.17) is 9.47 Å². The number of carbonyl (C=O) groups is 2. The summed E-state index contributed by atoms with van der Waals surface area (Å²) in [5.74, 6) is -1.42. The minimum absolute atomic E-state index is 0.0870. The topological polar surface area (TPSA) is 119 Å². The first-order valence-electron chi connectivity index (χ1n) is 6.71. The Morgan fingerprint density at radius 3 is 1.50 bits per heavy atom. The zero-order valence-corrected chi connectivity index (χ0v) is 11.7. The molecule has 0 N–H and O–H groups in total. The summed E-state index contributed by atoms with van der Waals surface area (Å²) >= 11 is 0. The number of cyclic esters (lactones) is 2. The largest absolute Gasteiger partial charge is 0.464 e. The molecule has 0 bridgehead atoms. The van der Waals surface area contributed by atoms with E-state index < -0.39 is 41.1 Å². The lowest BCUT2D eigenvalue weighted by Crippen LogP contribution is -2.56. The van der Waals surface area contributed by atoms with Gasteiger partial charge in [-0.3, -0.25) is 0 Å². The van der Waals surface area contributed by atoms with Crippen molar-refractivity contribution in [1.82, 2.24) is 13.7 Å². The third-order valence-corrected chi connectivity index (χ3v) is 3.84. The molecule has 2 atom stereocenters. The van der Waals surface area contributed by atoms with Crippen molar-refractivity contribution in [3.8, 4) is 0 Å². The Morgan fingerprint density at radius 2 is 1.18 bits per heavy atom. The van der Waals surface area contributed by atoms with Crippen molar-refractivity contribution in [1.29, 1.82) is 0 Å². The highest BCUT2D eigenvalue weighted by atomic mass is 16.5. The number of hydrogen-bond acceptors (Lipinski definition) is 7. The molecule has 0 aromatic carbocycles. The lowest BCUT2D eigenvalue weighted by Gasteiger charge is -2.16. The highest BCUT2D eigenvalue weighted by Crippen LogP contribution is 2.19. The first-order valence-corrected chi connectivity index (χ1v) is 6.71. The second-order valence-corrected chi connectivity index (χ2v) is 5.09. The third kappa shape index (κ3) is 1.90. The van der Waals surface area contributed by atoms with Crippen LogP contribution in [0.1, 0.15) is 24.9 Å². The molecule has 10 nitrogen and oxygen atoms in total. The maximum Gasteiger partial charge on any atom is 0.337 e. The van der Waals surface area contributed by atoms with Crippen LogP contribution in [0, 0.1) is 0 Å². The van der Waals surface area contributed by atoms with Gasteiger partial charge in [-0.15, -0.1) is 0 Å². The summed E-state index contributed by atoms with van der Waals surface area (Å²) in [5.41, 5.74) is -2.83. The monoisotopic (exact) mass is 311 g/mol. The Morgan fingerprint density at radius 1 is 0.773 bits per heavy atom. The van der Waals surface area contributed by atoms with Crippen LogP contribution < -0.4 is 17.1 Å². The zero-order chi connectivity index (χ0) is 16.0. The summed E-state index contributed by atoms with van der Waals surface area (Å²) < 4.78 is 11.6. The highest BCUT2D eigenvalue weighted by Gasteiger charge is 2.36. The molecule has 118 valence electrons. The predicted octanol–water partition coefficient (Wildman–Crippen LogP) is -2.32. The zero-order valence-electron chi connectivity index (χ0n) is 11.7. The molecule has 0 amide bonds. The molecule has 2 aliphatic heterocycles. The van der Waals surface area contributed by atoms with E-state index in [1.807, 2.05) is 0 Å². The van der Waals surface area contributed by atoms with Gasteiger partial charge in [-0.05, 0) is 0 Å². The van der Waals surface area contributed by atoms with Crippen LogP contribution in [0.5, 0.6) is 0 Å². The summed E-state index contributed by atoms with van der Waals surface area (Å²) in [6, 6.07) is -2.18. The molecular formula is C12H13N3O7. The lowest BCUT2D eigenvalue weighted by molar-refractivity contribution is -0.141. The summed E-state index contributed by atoms with van der Waals surface area (Å²) in [5, 5.41) is 0. The maximum atomic E-state index is 12.5. The summed E-state index contributed by atoms with van der Waals surface area (Å²) in [4.78, 5) is 60.2. The van der Waals surface area contributed by atoms with E-state index in [9.17, 15) is 24.0 Å². The number of carbonyl (C=O) groups excluding carboxylic acids is 2. The van der Waals surface area contributed by atoms with Gasteiger partial charge in [-0.25, -0.2) is 37.7 Å². The Labute approximate surface area is 122 Å². The van der Waals surface area contributed by atoms with Crippen LogP contribution in [0.3, 0.4) is 0 Å². The van der Waals surface area contributed by atoms with Crippen LogP contribution in [0.4, 0.5) is 0 Å². The van der Waals surface area contributed by atoms with Gasteiger partial charge in [0, 0.05) is 19.9 Å². The van der Waals surface area contributed by atoms with E-state index in [2.05, 4.69) is 0 Å². The molecule has 0 radical (unpaired) electrons. The minimum Gasteiger partial charge on any atom is -0.464 e. The third-order valence-electron chi connectivity index (χ3n) is 3.84. The number of rotatable bonds is 2. The highest BCUT2D eigenvalue weighted by molar-refractivity contribution is 5.76. The first kappa shape index (κ1) is 14.3. The first-order chi connectivity index (χ1) is 10.4. The van der Waals surface area contributed by atoms with Gasteiger partial charge in [0.05, 0.1) is 13.2 Å². The second kappa shape index (κ2) is 4.97. The van der Waals surface area contributed by atoms with Gasteiger partial charge in [-0.1, -0.05) is 0 Å².